The van der Waals surface area contributed by atoms with Crippen LogP contribution in [0.4, 0.5) is 0 Å². The summed E-state index contributed by atoms with van der Waals surface area (Å²) < 4.78 is 1.19. The Morgan fingerprint density at radius 3 is 2.25 bits per heavy atom. The second-order valence-corrected chi connectivity index (χ2v) is 8.75. The lowest BCUT2D eigenvalue weighted by Gasteiger charge is -2.07. The summed E-state index contributed by atoms with van der Waals surface area (Å²) in [5.74, 6) is 1.01. The lowest BCUT2D eigenvalue weighted by atomic mass is 10.2. The van der Waals surface area contributed by atoms with Gasteiger partial charge in [-0.3, -0.25) is 9.59 Å². The molecule has 8 heteroatoms. The Balaban J connectivity index is 0.00000280. The molecule has 0 unspecified atom stereocenters. The van der Waals surface area contributed by atoms with Gasteiger partial charge >= 0.3 is 0 Å². The van der Waals surface area contributed by atoms with E-state index >= 15 is 0 Å². The van der Waals surface area contributed by atoms with Gasteiger partial charge in [-0.05, 0) is 43.9 Å². The van der Waals surface area contributed by atoms with Crippen molar-refractivity contribution in [2.45, 2.75) is 4.21 Å². The van der Waals surface area contributed by atoms with Crippen LogP contribution in [-0.4, -0.2) is 41.3 Å². The van der Waals surface area contributed by atoms with Crippen molar-refractivity contribution in [1.82, 2.24) is 14.9 Å². The Kier molecular flexibility index (Phi) is 8.32. The predicted octanol–water partition coefficient (Wildman–Crippen LogP) is 1.86. The Bertz CT molecular complexity index is 1130. The highest BCUT2D eigenvalue weighted by Gasteiger charge is 2.01. The Morgan fingerprint density at radius 1 is 0.964 bits per heavy atom. The molecule has 2 N–H and O–H groups in total. The Hall–Kier alpha value is -2.06. The molecule has 0 atom stereocenters. The van der Waals surface area contributed by atoms with Gasteiger partial charge in [0.25, 0.3) is 11.1 Å². The molecule has 0 fully saturated rings. The van der Waals surface area contributed by atoms with E-state index in [1.807, 2.05) is 42.5 Å². The van der Waals surface area contributed by atoms with Crippen molar-refractivity contribution in [2.75, 3.05) is 26.4 Å². The molecular formula is C20H22ClN3O2S2. The maximum Gasteiger partial charge on any atom is 0.272 e. The van der Waals surface area contributed by atoms with Crippen molar-refractivity contribution in [1.29, 1.82) is 0 Å². The number of thioether (sulfide) groups is 1. The molecule has 3 aromatic rings. The summed E-state index contributed by atoms with van der Waals surface area (Å²) in [6, 6.07) is 13.4. The van der Waals surface area contributed by atoms with Gasteiger partial charge in [-0.1, -0.05) is 30.3 Å². The molecule has 0 aliphatic heterocycles. The fraction of sp³-hybridized carbons (Fsp3) is 0.200. The molecule has 28 heavy (non-hydrogen) atoms. The van der Waals surface area contributed by atoms with Crippen LogP contribution >= 0.6 is 35.5 Å². The van der Waals surface area contributed by atoms with Gasteiger partial charge in [0.1, 0.15) is 10.7 Å². The van der Waals surface area contributed by atoms with E-state index in [0.717, 1.165) is 22.7 Å². The minimum atomic E-state index is -0.318. The van der Waals surface area contributed by atoms with Crippen molar-refractivity contribution in [2.24, 2.45) is 0 Å². The highest BCUT2D eigenvalue weighted by Crippen LogP contribution is 2.27. The molecule has 2 heterocycles. The zero-order valence-electron chi connectivity index (χ0n) is 15.6. The van der Waals surface area contributed by atoms with Crippen LogP contribution in [0.2, 0.25) is 0 Å². The fourth-order valence-electron chi connectivity index (χ4n) is 2.37. The molecule has 148 valence electrons. The standard InChI is InChI=1S/C20H21N3O2S2.ClH/c1-23(2)10-11-26-18-9-8-15(27-18)13-17-20(25)21-16(19(24)22-17)12-14-6-4-3-5-7-14;/h3-9,12-13H,10-11H2,1-2H3,(H,21,25)(H,22,24);1H/b16-12-,17-13-;. The summed E-state index contributed by atoms with van der Waals surface area (Å²) >= 11 is 3.39. The number of nitrogens with zero attached hydrogens (tertiary/aromatic N) is 1. The second kappa shape index (κ2) is 10.5. The normalized spacial score (nSPS) is 12.4. The third kappa shape index (κ3) is 6.24. The van der Waals surface area contributed by atoms with E-state index in [-0.39, 0.29) is 34.2 Å². The van der Waals surface area contributed by atoms with Crippen LogP contribution in [-0.2, 0) is 0 Å². The van der Waals surface area contributed by atoms with Gasteiger partial charge in [0.15, 0.2) is 0 Å². The summed E-state index contributed by atoms with van der Waals surface area (Å²) in [5, 5.41) is 0.506. The zero-order valence-corrected chi connectivity index (χ0v) is 18.0. The largest absolute Gasteiger partial charge is 0.316 e. The minimum Gasteiger partial charge on any atom is -0.316 e. The van der Waals surface area contributed by atoms with Crippen molar-refractivity contribution < 1.29 is 0 Å². The number of nitrogens with one attached hydrogen (secondary N) is 2. The fourth-order valence-corrected chi connectivity index (χ4v) is 4.65. The van der Waals surface area contributed by atoms with Crippen molar-refractivity contribution in [3.05, 3.63) is 84.3 Å². The summed E-state index contributed by atoms with van der Waals surface area (Å²) in [5.41, 5.74) is 0.224. The first-order valence-electron chi connectivity index (χ1n) is 8.50. The number of hydrogen-bond donors (Lipinski definition) is 2. The van der Waals surface area contributed by atoms with Crippen LogP contribution in [0.15, 0.2) is 56.3 Å². The van der Waals surface area contributed by atoms with E-state index in [0.29, 0.717) is 0 Å². The summed E-state index contributed by atoms with van der Waals surface area (Å²) in [6.07, 6.45) is 3.38. The summed E-state index contributed by atoms with van der Waals surface area (Å²) in [6.45, 7) is 1.01. The second-order valence-electron chi connectivity index (χ2n) is 6.24. The molecule has 1 aromatic carbocycles. The number of halogens is 1. The maximum atomic E-state index is 12.4. The molecule has 0 saturated carbocycles. The van der Waals surface area contributed by atoms with Gasteiger partial charge in [-0.25, -0.2) is 0 Å². The minimum absolute atomic E-state index is 0. The molecule has 0 saturated heterocycles. The molecule has 0 amide bonds. The number of benzene rings is 1. The van der Waals surface area contributed by atoms with Gasteiger partial charge in [-0.2, -0.15) is 0 Å². The number of rotatable bonds is 6. The lowest BCUT2D eigenvalue weighted by molar-refractivity contribution is 0.437. The highest BCUT2D eigenvalue weighted by molar-refractivity contribution is 8.01. The van der Waals surface area contributed by atoms with Crippen LogP contribution in [0.25, 0.3) is 12.2 Å². The average molecular weight is 436 g/mol. The van der Waals surface area contributed by atoms with Crippen molar-refractivity contribution >= 4 is 47.7 Å². The lowest BCUT2D eigenvalue weighted by Crippen LogP contribution is -2.46. The third-order valence-electron chi connectivity index (χ3n) is 3.77. The van der Waals surface area contributed by atoms with E-state index in [9.17, 15) is 9.59 Å². The molecule has 0 bridgehead atoms. The van der Waals surface area contributed by atoms with Gasteiger partial charge in [0.05, 0.1) is 4.21 Å². The van der Waals surface area contributed by atoms with E-state index in [1.165, 1.54) is 4.21 Å². The van der Waals surface area contributed by atoms with Crippen molar-refractivity contribution in [3.8, 4) is 0 Å². The van der Waals surface area contributed by atoms with E-state index < -0.39 is 0 Å². The molecule has 0 aliphatic rings. The van der Waals surface area contributed by atoms with Crippen LogP contribution in [0.3, 0.4) is 0 Å². The molecule has 2 aromatic heterocycles. The molecular weight excluding hydrogens is 414 g/mol. The highest BCUT2D eigenvalue weighted by atomic mass is 35.5. The van der Waals surface area contributed by atoms with Crippen LogP contribution in [0.5, 0.6) is 0 Å². The predicted molar refractivity (Wildman–Crippen MR) is 121 cm³/mol. The summed E-state index contributed by atoms with van der Waals surface area (Å²) in [4.78, 5) is 33.1. The Morgan fingerprint density at radius 2 is 1.61 bits per heavy atom. The van der Waals surface area contributed by atoms with Crippen molar-refractivity contribution in [3.63, 3.8) is 0 Å². The number of hydrogen-bond acceptors (Lipinski definition) is 5. The molecule has 0 radical (unpaired) electrons. The monoisotopic (exact) mass is 435 g/mol. The quantitative estimate of drug-likeness (QED) is 0.580. The smallest absolute Gasteiger partial charge is 0.272 e. The number of aromatic amines is 2. The molecule has 3 rings (SSSR count). The van der Waals surface area contributed by atoms with Gasteiger partial charge in [0.2, 0.25) is 0 Å². The summed E-state index contributed by atoms with van der Waals surface area (Å²) in [7, 11) is 4.10. The van der Waals surface area contributed by atoms with E-state index in [2.05, 4.69) is 29.0 Å². The average Bonchev–Trinajstić information content (AvgIpc) is 3.07. The number of H-pyrrole nitrogens is 2. The van der Waals surface area contributed by atoms with Crippen LogP contribution in [0.1, 0.15) is 10.4 Å². The first-order chi connectivity index (χ1) is 13.0. The first-order valence-corrected chi connectivity index (χ1v) is 10.3. The first kappa shape index (κ1) is 22.2. The maximum absolute atomic E-state index is 12.4. The number of thiophene rings is 1. The molecule has 0 spiro atoms. The van der Waals surface area contributed by atoms with Crippen LogP contribution in [0, 0.1) is 0 Å². The Labute approximate surface area is 177 Å². The molecule has 5 nitrogen and oxygen atoms in total. The zero-order chi connectivity index (χ0) is 19.2. The van der Waals surface area contributed by atoms with Gasteiger partial charge in [0, 0.05) is 17.2 Å². The third-order valence-corrected chi connectivity index (χ3v) is 6.01. The van der Waals surface area contributed by atoms with Gasteiger partial charge in [-0.15, -0.1) is 35.5 Å². The van der Waals surface area contributed by atoms with Crippen LogP contribution < -0.4 is 21.8 Å². The van der Waals surface area contributed by atoms with Gasteiger partial charge < -0.3 is 14.9 Å². The SMILES string of the molecule is CN(C)CCSc1ccc(/C=c2\[nH]c(=O)/c(=C/c3ccccc3)[nH]c2=O)s1.Cl. The molecule has 0 aliphatic carbocycles. The van der Waals surface area contributed by atoms with E-state index in [1.54, 1.807) is 35.3 Å². The van der Waals surface area contributed by atoms with E-state index in [4.69, 9.17) is 0 Å². The topological polar surface area (TPSA) is 69.0 Å². The number of aromatic nitrogens is 2.